The number of hydrogen-bond acceptors (Lipinski definition) is 3. The average Bonchev–Trinajstić information content (AvgIpc) is 2.03. The molecule has 0 saturated heterocycles. The molecular formula is C8H10BrNO2. The minimum absolute atomic E-state index is 0.282. The molecule has 4 heteroatoms. The van der Waals surface area contributed by atoms with Crippen molar-refractivity contribution in [2.75, 3.05) is 6.61 Å². The Morgan fingerprint density at radius 3 is 3.08 bits per heavy atom. The SMILES string of the molecule is C[C@@H](O)COc1cccnc1Br. The molecular weight excluding hydrogens is 222 g/mol. The van der Waals surface area contributed by atoms with Crippen molar-refractivity contribution >= 4 is 15.9 Å². The van der Waals surface area contributed by atoms with Gasteiger partial charge in [0.1, 0.15) is 11.2 Å². The number of aromatic nitrogens is 1. The highest BCUT2D eigenvalue weighted by Crippen LogP contribution is 2.20. The maximum atomic E-state index is 8.94. The maximum Gasteiger partial charge on any atom is 0.152 e. The van der Waals surface area contributed by atoms with E-state index >= 15 is 0 Å². The van der Waals surface area contributed by atoms with Gasteiger partial charge in [-0.3, -0.25) is 0 Å². The molecule has 1 rings (SSSR count). The summed E-state index contributed by atoms with van der Waals surface area (Å²) in [6, 6.07) is 3.57. The first-order valence-corrected chi connectivity index (χ1v) is 4.41. The molecule has 0 aliphatic rings. The maximum absolute atomic E-state index is 8.94. The molecule has 3 nitrogen and oxygen atoms in total. The van der Waals surface area contributed by atoms with E-state index in [2.05, 4.69) is 20.9 Å². The summed E-state index contributed by atoms with van der Waals surface area (Å²) in [6.07, 6.45) is 1.20. The number of halogens is 1. The molecule has 0 spiro atoms. The molecule has 0 unspecified atom stereocenters. The van der Waals surface area contributed by atoms with Crippen molar-refractivity contribution in [3.63, 3.8) is 0 Å². The third kappa shape index (κ3) is 2.79. The molecule has 0 radical (unpaired) electrons. The van der Waals surface area contributed by atoms with Gasteiger partial charge in [0, 0.05) is 6.20 Å². The summed E-state index contributed by atoms with van der Waals surface area (Å²) in [6.45, 7) is 1.95. The summed E-state index contributed by atoms with van der Waals surface area (Å²) in [7, 11) is 0. The topological polar surface area (TPSA) is 42.4 Å². The molecule has 12 heavy (non-hydrogen) atoms. The Kier molecular flexibility index (Phi) is 3.49. The lowest BCUT2D eigenvalue weighted by Crippen LogP contribution is -2.13. The Morgan fingerprint density at radius 1 is 1.75 bits per heavy atom. The minimum atomic E-state index is -0.461. The largest absolute Gasteiger partial charge is 0.488 e. The van der Waals surface area contributed by atoms with Gasteiger partial charge in [0.15, 0.2) is 5.75 Å². The highest BCUT2D eigenvalue weighted by Gasteiger charge is 2.01. The molecule has 1 aromatic rings. The van der Waals surface area contributed by atoms with Crippen molar-refractivity contribution in [1.82, 2.24) is 4.98 Å². The summed E-state index contributed by atoms with van der Waals surface area (Å²) in [5.74, 6) is 0.651. The molecule has 1 aromatic heterocycles. The summed E-state index contributed by atoms with van der Waals surface area (Å²) in [5, 5.41) is 8.94. The number of aliphatic hydroxyl groups excluding tert-OH is 1. The Balaban J connectivity index is 2.57. The summed E-state index contributed by atoms with van der Waals surface area (Å²) >= 11 is 3.23. The molecule has 0 bridgehead atoms. The first-order valence-electron chi connectivity index (χ1n) is 3.61. The van der Waals surface area contributed by atoms with Crippen LogP contribution in [0.5, 0.6) is 5.75 Å². The molecule has 0 aliphatic carbocycles. The summed E-state index contributed by atoms with van der Waals surface area (Å²) in [4.78, 5) is 3.97. The summed E-state index contributed by atoms with van der Waals surface area (Å²) < 4.78 is 5.90. The van der Waals surface area contributed by atoms with Gasteiger partial charge in [0.05, 0.1) is 6.10 Å². The van der Waals surface area contributed by atoms with Crippen molar-refractivity contribution in [2.24, 2.45) is 0 Å². The van der Waals surface area contributed by atoms with Crippen molar-refractivity contribution in [1.29, 1.82) is 0 Å². The quantitative estimate of drug-likeness (QED) is 0.805. The van der Waals surface area contributed by atoms with Crippen LogP contribution >= 0.6 is 15.9 Å². The highest BCUT2D eigenvalue weighted by atomic mass is 79.9. The lowest BCUT2D eigenvalue weighted by Gasteiger charge is -2.08. The van der Waals surface area contributed by atoms with Crippen LogP contribution in [0, 0.1) is 0 Å². The third-order valence-corrected chi connectivity index (χ3v) is 1.80. The van der Waals surface area contributed by atoms with Gasteiger partial charge < -0.3 is 9.84 Å². The zero-order valence-electron chi connectivity index (χ0n) is 6.70. The number of ether oxygens (including phenoxy) is 1. The Labute approximate surface area is 79.5 Å². The molecule has 0 aliphatic heterocycles. The van der Waals surface area contributed by atoms with E-state index in [1.54, 1.807) is 25.3 Å². The van der Waals surface area contributed by atoms with Crippen LogP contribution in [0.25, 0.3) is 0 Å². The molecule has 0 aromatic carbocycles. The normalized spacial score (nSPS) is 12.6. The van der Waals surface area contributed by atoms with Crippen LogP contribution < -0.4 is 4.74 Å². The highest BCUT2D eigenvalue weighted by molar-refractivity contribution is 9.10. The first kappa shape index (κ1) is 9.48. The van der Waals surface area contributed by atoms with E-state index in [1.165, 1.54) is 0 Å². The monoisotopic (exact) mass is 231 g/mol. The molecule has 0 fully saturated rings. The second-order valence-corrected chi connectivity index (χ2v) is 3.20. The lowest BCUT2D eigenvalue weighted by molar-refractivity contribution is 0.122. The van der Waals surface area contributed by atoms with Gasteiger partial charge >= 0.3 is 0 Å². The fourth-order valence-electron chi connectivity index (χ4n) is 0.689. The summed E-state index contributed by atoms with van der Waals surface area (Å²) in [5.41, 5.74) is 0. The number of rotatable bonds is 3. The zero-order valence-corrected chi connectivity index (χ0v) is 8.28. The van der Waals surface area contributed by atoms with Crippen molar-refractivity contribution in [3.05, 3.63) is 22.9 Å². The van der Waals surface area contributed by atoms with Crippen molar-refractivity contribution < 1.29 is 9.84 Å². The Bertz CT molecular complexity index is 253. The van der Waals surface area contributed by atoms with Gasteiger partial charge in [0.2, 0.25) is 0 Å². The van der Waals surface area contributed by atoms with Crippen LogP contribution in [0.15, 0.2) is 22.9 Å². The van der Waals surface area contributed by atoms with Crippen molar-refractivity contribution in [3.8, 4) is 5.75 Å². The molecule has 0 amide bonds. The van der Waals surface area contributed by atoms with E-state index < -0.39 is 6.10 Å². The molecule has 66 valence electrons. The number of hydrogen-bond donors (Lipinski definition) is 1. The van der Waals surface area contributed by atoms with Crippen LogP contribution in [0.1, 0.15) is 6.92 Å². The number of aliphatic hydroxyl groups is 1. The predicted octanol–water partition coefficient (Wildman–Crippen LogP) is 1.60. The second-order valence-electron chi connectivity index (χ2n) is 2.45. The molecule has 0 saturated carbocycles. The number of nitrogens with zero attached hydrogens (tertiary/aromatic N) is 1. The standard InChI is InChI=1S/C8H10BrNO2/c1-6(11)5-12-7-3-2-4-10-8(7)9/h2-4,6,11H,5H2,1H3/t6-/m1/s1. The van der Waals surface area contributed by atoms with E-state index in [4.69, 9.17) is 9.84 Å². The Hall–Kier alpha value is -0.610. The van der Waals surface area contributed by atoms with Gasteiger partial charge in [0.25, 0.3) is 0 Å². The number of pyridine rings is 1. The van der Waals surface area contributed by atoms with Crippen LogP contribution in [0.2, 0.25) is 0 Å². The Morgan fingerprint density at radius 2 is 2.50 bits per heavy atom. The smallest absolute Gasteiger partial charge is 0.152 e. The van der Waals surface area contributed by atoms with Gasteiger partial charge in [-0.2, -0.15) is 0 Å². The fraction of sp³-hybridized carbons (Fsp3) is 0.375. The van der Waals surface area contributed by atoms with Gasteiger partial charge in [-0.25, -0.2) is 4.98 Å². The van der Waals surface area contributed by atoms with E-state index in [0.29, 0.717) is 10.4 Å². The van der Waals surface area contributed by atoms with E-state index in [1.807, 2.05) is 0 Å². The predicted molar refractivity (Wildman–Crippen MR) is 49.1 cm³/mol. The fourth-order valence-corrected chi connectivity index (χ4v) is 1.05. The van der Waals surface area contributed by atoms with Crippen LogP contribution in [0.4, 0.5) is 0 Å². The molecule has 1 heterocycles. The average molecular weight is 232 g/mol. The van der Waals surface area contributed by atoms with Gasteiger partial charge in [-0.1, -0.05) is 0 Å². The minimum Gasteiger partial charge on any atom is -0.488 e. The molecule has 1 N–H and O–H groups in total. The lowest BCUT2D eigenvalue weighted by atomic mass is 10.4. The van der Waals surface area contributed by atoms with Crippen LogP contribution in [0.3, 0.4) is 0 Å². The van der Waals surface area contributed by atoms with Crippen molar-refractivity contribution in [2.45, 2.75) is 13.0 Å². The van der Waals surface area contributed by atoms with Gasteiger partial charge in [-0.15, -0.1) is 0 Å². The third-order valence-electron chi connectivity index (χ3n) is 1.20. The van der Waals surface area contributed by atoms with E-state index in [0.717, 1.165) is 0 Å². The van der Waals surface area contributed by atoms with E-state index in [9.17, 15) is 0 Å². The molecule has 1 atom stereocenters. The van der Waals surface area contributed by atoms with Gasteiger partial charge in [-0.05, 0) is 35.0 Å². The van der Waals surface area contributed by atoms with Crippen LogP contribution in [-0.2, 0) is 0 Å². The zero-order chi connectivity index (χ0) is 8.97. The second kappa shape index (κ2) is 4.42. The van der Waals surface area contributed by atoms with Crippen LogP contribution in [-0.4, -0.2) is 22.8 Å². The first-order chi connectivity index (χ1) is 5.70. The van der Waals surface area contributed by atoms with E-state index in [-0.39, 0.29) is 6.61 Å².